The molecular formula is C15H29N3O2. The number of rotatable bonds is 10. The topological polar surface area (TPSA) is 74.2 Å². The molecule has 0 spiro atoms. The molecule has 0 radical (unpaired) electrons. The van der Waals surface area contributed by atoms with Gasteiger partial charge in [0.1, 0.15) is 5.60 Å². The zero-order valence-electron chi connectivity index (χ0n) is 13.3. The first kappa shape index (κ1) is 17.1. The lowest BCUT2D eigenvalue weighted by atomic mass is 9.96. The van der Waals surface area contributed by atoms with Crippen molar-refractivity contribution in [3.05, 3.63) is 11.7 Å². The maximum absolute atomic E-state index is 5.89. The van der Waals surface area contributed by atoms with Crippen LogP contribution in [0, 0.1) is 5.92 Å². The summed E-state index contributed by atoms with van der Waals surface area (Å²) in [5.74, 6) is 1.98. The lowest BCUT2D eigenvalue weighted by molar-refractivity contribution is -0.0583. The molecule has 20 heavy (non-hydrogen) atoms. The van der Waals surface area contributed by atoms with Gasteiger partial charge in [0.25, 0.3) is 0 Å². The van der Waals surface area contributed by atoms with Crippen LogP contribution in [0.3, 0.4) is 0 Å². The van der Waals surface area contributed by atoms with Crippen molar-refractivity contribution in [2.45, 2.75) is 65.4 Å². The normalized spacial score (nSPS) is 13.7. The average Bonchev–Trinajstić information content (AvgIpc) is 2.92. The monoisotopic (exact) mass is 283 g/mol. The molecule has 1 rings (SSSR count). The molecule has 0 saturated heterocycles. The molecule has 0 saturated carbocycles. The largest absolute Gasteiger partial charge is 0.367 e. The number of hydrogen-bond acceptors (Lipinski definition) is 5. The predicted molar refractivity (Wildman–Crippen MR) is 79.3 cm³/mol. The molecule has 5 nitrogen and oxygen atoms in total. The Morgan fingerprint density at radius 1 is 1.25 bits per heavy atom. The van der Waals surface area contributed by atoms with Crippen molar-refractivity contribution in [2.75, 3.05) is 13.2 Å². The Labute approximate surface area is 122 Å². The molecule has 0 aliphatic heterocycles. The van der Waals surface area contributed by atoms with Crippen molar-refractivity contribution < 1.29 is 9.26 Å². The van der Waals surface area contributed by atoms with Crippen LogP contribution < -0.4 is 5.73 Å². The van der Waals surface area contributed by atoms with Crippen LogP contribution in [0.15, 0.2) is 4.52 Å². The van der Waals surface area contributed by atoms with E-state index in [1.807, 2.05) is 6.92 Å². The van der Waals surface area contributed by atoms with Gasteiger partial charge in [-0.15, -0.1) is 0 Å². The van der Waals surface area contributed by atoms with E-state index in [0.717, 1.165) is 38.6 Å². The van der Waals surface area contributed by atoms with Gasteiger partial charge in [-0.05, 0) is 45.1 Å². The van der Waals surface area contributed by atoms with E-state index in [-0.39, 0.29) is 0 Å². The first-order valence-corrected chi connectivity index (χ1v) is 7.78. The second-order valence-corrected chi connectivity index (χ2v) is 5.37. The Morgan fingerprint density at radius 3 is 2.50 bits per heavy atom. The van der Waals surface area contributed by atoms with Gasteiger partial charge in [-0.25, -0.2) is 0 Å². The molecule has 0 amide bonds. The molecule has 1 atom stereocenters. The van der Waals surface area contributed by atoms with E-state index in [0.29, 0.717) is 24.2 Å². The van der Waals surface area contributed by atoms with Gasteiger partial charge in [0, 0.05) is 13.0 Å². The van der Waals surface area contributed by atoms with Gasteiger partial charge >= 0.3 is 0 Å². The van der Waals surface area contributed by atoms with Crippen molar-refractivity contribution in [2.24, 2.45) is 11.7 Å². The molecule has 0 fully saturated rings. The van der Waals surface area contributed by atoms with Crippen LogP contribution in [0.1, 0.15) is 65.1 Å². The molecule has 1 aromatic heterocycles. The van der Waals surface area contributed by atoms with Crippen LogP contribution in [-0.2, 0) is 16.8 Å². The van der Waals surface area contributed by atoms with E-state index in [1.54, 1.807) is 0 Å². The van der Waals surface area contributed by atoms with Gasteiger partial charge in [0.05, 0.1) is 0 Å². The summed E-state index contributed by atoms with van der Waals surface area (Å²) in [6, 6.07) is 0. The fourth-order valence-corrected chi connectivity index (χ4v) is 2.45. The Hall–Kier alpha value is -0.940. The molecule has 1 unspecified atom stereocenters. The Balaban J connectivity index is 2.69. The third kappa shape index (κ3) is 4.28. The molecule has 0 aromatic carbocycles. The van der Waals surface area contributed by atoms with Gasteiger partial charge in [0.15, 0.2) is 0 Å². The molecule has 0 aliphatic carbocycles. The summed E-state index contributed by atoms with van der Waals surface area (Å²) in [7, 11) is 0. The van der Waals surface area contributed by atoms with E-state index in [4.69, 9.17) is 15.0 Å². The maximum atomic E-state index is 5.89. The van der Waals surface area contributed by atoms with Crippen molar-refractivity contribution in [3.8, 4) is 0 Å². The highest BCUT2D eigenvalue weighted by Crippen LogP contribution is 2.31. The number of ether oxygens (including phenoxy) is 1. The van der Waals surface area contributed by atoms with Gasteiger partial charge in [-0.2, -0.15) is 4.98 Å². The molecule has 1 heterocycles. The van der Waals surface area contributed by atoms with Crippen LogP contribution in [0.2, 0.25) is 0 Å². The van der Waals surface area contributed by atoms with Crippen molar-refractivity contribution in [3.63, 3.8) is 0 Å². The second kappa shape index (κ2) is 8.37. The molecule has 5 heteroatoms. The Bertz CT molecular complexity index is 375. The zero-order chi connectivity index (χ0) is 15.0. The summed E-state index contributed by atoms with van der Waals surface area (Å²) in [6.45, 7) is 9.77. The standard InChI is InChI=1S/C15H29N3O2/c1-5-15(6-2,19-7-3)14-17-13(20-18-14)9-8-12(4)10-11-16/h12H,5-11,16H2,1-4H3. The van der Waals surface area contributed by atoms with Gasteiger partial charge in [0.2, 0.25) is 11.7 Å². The van der Waals surface area contributed by atoms with Gasteiger partial charge in [-0.3, -0.25) is 0 Å². The minimum absolute atomic E-state index is 0.403. The summed E-state index contributed by atoms with van der Waals surface area (Å²) in [5.41, 5.74) is 5.16. The van der Waals surface area contributed by atoms with E-state index in [1.165, 1.54) is 0 Å². The molecule has 0 bridgehead atoms. The number of aryl methyl sites for hydroxylation is 1. The van der Waals surface area contributed by atoms with Crippen LogP contribution in [-0.4, -0.2) is 23.3 Å². The molecular weight excluding hydrogens is 254 g/mol. The quantitative estimate of drug-likeness (QED) is 0.714. The zero-order valence-corrected chi connectivity index (χ0v) is 13.3. The number of hydrogen-bond donors (Lipinski definition) is 1. The summed E-state index contributed by atoms with van der Waals surface area (Å²) in [6.07, 6.45) is 4.57. The van der Waals surface area contributed by atoms with E-state index in [2.05, 4.69) is 30.9 Å². The lowest BCUT2D eigenvalue weighted by Crippen LogP contribution is -2.29. The smallest absolute Gasteiger partial charge is 0.226 e. The van der Waals surface area contributed by atoms with Crippen LogP contribution in [0.4, 0.5) is 0 Å². The third-order valence-corrected chi connectivity index (χ3v) is 3.95. The fraction of sp³-hybridized carbons (Fsp3) is 0.867. The van der Waals surface area contributed by atoms with E-state index in [9.17, 15) is 0 Å². The Kier molecular flexibility index (Phi) is 7.16. The van der Waals surface area contributed by atoms with Gasteiger partial charge in [-0.1, -0.05) is 25.9 Å². The number of nitrogens with zero attached hydrogens (tertiary/aromatic N) is 2. The fourth-order valence-electron chi connectivity index (χ4n) is 2.45. The molecule has 116 valence electrons. The predicted octanol–water partition coefficient (Wildman–Crippen LogP) is 3.04. The third-order valence-electron chi connectivity index (χ3n) is 3.95. The summed E-state index contributed by atoms with van der Waals surface area (Å²) in [5, 5.41) is 4.14. The molecule has 2 N–H and O–H groups in total. The minimum Gasteiger partial charge on any atom is -0.367 e. The van der Waals surface area contributed by atoms with Crippen LogP contribution >= 0.6 is 0 Å². The van der Waals surface area contributed by atoms with Crippen molar-refractivity contribution in [1.29, 1.82) is 0 Å². The molecule has 0 aliphatic rings. The Morgan fingerprint density at radius 2 is 1.95 bits per heavy atom. The number of nitrogens with two attached hydrogens (primary N) is 1. The van der Waals surface area contributed by atoms with Gasteiger partial charge < -0.3 is 15.0 Å². The summed E-state index contributed by atoms with van der Waals surface area (Å²) < 4.78 is 11.3. The van der Waals surface area contributed by atoms with Crippen molar-refractivity contribution >= 4 is 0 Å². The first-order chi connectivity index (χ1) is 9.61. The number of aromatic nitrogens is 2. The highest BCUT2D eigenvalue weighted by Gasteiger charge is 2.34. The van der Waals surface area contributed by atoms with Crippen LogP contribution in [0.5, 0.6) is 0 Å². The maximum Gasteiger partial charge on any atom is 0.226 e. The lowest BCUT2D eigenvalue weighted by Gasteiger charge is -2.27. The average molecular weight is 283 g/mol. The highest BCUT2D eigenvalue weighted by atomic mass is 16.5. The summed E-state index contributed by atoms with van der Waals surface area (Å²) in [4.78, 5) is 4.54. The SMILES string of the molecule is CCOC(CC)(CC)c1noc(CCC(C)CCN)n1. The minimum atomic E-state index is -0.403. The first-order valence-electron chi connectivity index (χ1n) is 7.78. The van der Waals surface area contributed by atoms with E-state index < -0.39 is 5.60 Å². The van der Waals surface area contributed by atoms with Crippen LogP contribution in [0.25, 0.3) is 0 Å². The summed E-state index contributed by atoms with van der Waals surface area (Å²) >= 11 is 0. The molecule has 1 aromatic rings. The van der Waals surface area contributed by atoms with Crippen molar-refractivity contribution in [1.82, 2.24) is 10.1 Å². The highest BCUT2D eigenvalue weighted by molar-refractivity contribution is 5.01. The second-order valence-electron chi connectivity index (χ2n) is 5.37. The van der Waals surface area contributed by atoms with E-state index >= 15 is 0 Å².